The van der Waals surface area contributed by atoms with E-state index in [-0.39, 0.29) is 22.0 Å². The largest absolute Gasteiger partial charge is 0.507 e. The monoisotopic (exact) mass is 652 g/mol. The molecule has 0 radical (unpaired) electrons. The third kappa shape index (κ3) is 6.00. The minimum atomic E-state index is -0.0255. The van der Waals surface area contributed by atoms with Gasteiger partial charge in [-0.3, -0.25) is 9.98 Å². The molecular weight excluding hydrogens is 627 g/mol. The summed E-state index contributed by atoms with van der Waals surface area (Å²) >= 11 is 15.9. The van der Waals surface area contributed by atoms with E-state index in [1.165, 1.54) is 6.07 Å². The molecule has 4 nitrogen and oxygen atoms in total. The topological polar surface area (TPSA) is 65.2 Å². The van der Waals surface area contributed by atoms with E-state index in [4.69, 9.17) is 33.2 Å². The first-order valence-electron chi connectivity index (χ1n) is 14.2. The first-order chi connectivity index (χ1) is 21.4. The molecule has 5 aromatic carbocycles. The zero-order valence-corrected chi connectivity index (χ0v) is 26.5. The van der Waals surface area contributed by atoms with Crippen LogP contribution >= 0.6 is 46.7 Å². The molecule has 0 aromatic heterocycles. The van der Waals surface area contributed by atoms with Crippen molar-refractivity contribution in [3.63, 3.8) is 0 Å². The molecule has 2 aliphatic heterocycles. The van der Waals surface area contributed by atoms with Gasteiger partial charge in [-0.1, -0.05) is 71.7 Å². The lowest BCUT2D eigenvalue weighted by Gasteiger charge is -2.19. The van der Waals surface area contributed by atoms with Gasteiger partial charge in [0.1, 0.15) is 11.5 Å². The number of benzene rings is 5. The number of hydrogen-bond acceptors (Lipinski definition) is 6. The van der Waals surface area contributed by atoms with Crippen LogP contribution in [0, 0.1) is 0 Å². The van der Waals surface area contributed by atoms with Gasteiger partial charge in [-0.25, -0.2) is 0 Å². The fourth-order valence-electron chi connectivity index (χ4n) is 5.53. The standard InChI is InChI=1S/C36H26Cl2N2O2S2/c37-23-13-9-21(10-14-23)35-18-29(39-27-5-1-3-7-33(27)43-35)25-17-26(32(42)20-31(25)41)30-19-36(22-11-15-24(38)16-12-22)44-34-8-4-2-6-28(34)40-30/h1-17,20,35-36,41-42H,18-19H2/t35-,36+. The summed E-state index contributed by atoms with van der Waals surface area (Å²) in [5.74, 6) is -0.0510. The zero-order chi connectivity index (χ0) is 30.2. The highest BCUT2D eigenvalue weighted by atomic mass is 35.5. The van der Waals surface area contributed by atoms with Crippen LogP contribution in [0.1, 0.15) is 45.6 Å². The highest BCUT2D eigenvalue weighted by molar-refractivity contribution is 8.00. The lowest BCUT2D eigenvalue weighted by molar-refractivity contribution is 0.449. The molecule has 7 rings (SSSR count). The van der Waals surface area contributed by atoms with Crippen LogP contribution in [0.5, 0.6) is 11.5 Å². The van der Waals surface area contributed by atoms with Crippen molar-refractivity contribution < 1.29 is 10.2 Å². The average molecular weight is 654 g/mol. The van der Waals surface area contributed by atoms with E-state index in [1.807, 2.05) is 91.0 Å². The number of thioether (sulfide) groups is 2. The summed E-state index contributed by atoms with van der Waals surface area (Å²) in [6.45, 7) is 0. The maximum Gasteiger partial charge on any atom is 0.128 e. The molecule has 2 N–H and O–H groups in total. The second-order valence-corrected chi connectivity index (χ2v) is 14.0. The molecule has 0 spiro atoms. The van der Waals surface area contributed by atoms with Gasteiger partial charge in [0.05, 0.1) is 22.8 Å². The van der Waals surface area contributed by atoms with E-state index in [9.17, 15) is 10.2 Å². The van der Waals surface area contributed by atoms with Crippen molar-refractivity contribution in [2.24, 2.45) is 9.98 Å². The molecule has 8 heteroatoms. The molecule has 0 unspecified atom stereocenters. The van der Waals surface area contributed by atoms with Crippen LogP contribution in [0.4, 0.5) is 11.4 Å². The van der Waals surface area contributed by atoms with E-state index in [1.54, 1.807) is 23.5 Å². The number of nitrogens with zero attached hydrogens (tertiary/aromatic N) is 2. The van der Waals surface area contributed by atoms with Gasteiger partial charge in [0.25, 0.3) is 0 Å². The first kappa shape index (κ1) is 29.1. The predicted molar refractivity (Wildman–Crippen MR) is 184 cm³/mol. The van der Waals surface area contributed by atoms with Crippen molar-refractivity contribution in [2.75, 3.05) is 0 Å². The SMILES string of the molecule is Oc1cc(O)c(C2=Nc3ccccc3S[C@@H](c3ccc(Cl)cc3)C2)cc1C1=Nc2ccccc2S[C@H](c2ccc(Cl)cc2)C1. The van der Waals surface area contributed by atoms with Crippen molar-refractivity contribution >= 4 is 69.5 Å². The normalized spacial score (nSPS) is 17.9. The first-order valence-corrected chi connectivity index (χ1v) is 16.7. The Kier molecular flexibility index (Phi) is 8.17. The maximum atomic E-state index is 11.2. The number of rotatable bonds is 4. The highest BCUT2D eigenvalue weighted by Gasteiger charge is 2.28. The van der Waals surface area contributed by atoms with Crippen LogP contribution < -0.4 is 0 Å². The number of halogens is 2. The molecule has 0 saturated heterocycles. The second kappa shape index (κ2) is 12.4. The second-order valence-electron chi connectivity index (χ2n) is 10.7. The number of aromatic hydroxyl groups is 2. The van der Waals surface area contributed by atoms with Gasteiger partial charge in [0, 0.05) is 60.4 Å². The number of para-hydroxylation sites is 2. The maximum absolute atomic E-state index is 11.2. The minimum absolute atomic E-state index is 0.0255. The molecule has 0 saturated carbocycles. The van der Waals surface area contributed by atoms with Crippen LogP contribution in [0.2, 0.25) is 10.0 Å². The van der Waals surface area contributed by atoms with E-state index < -0.39 is 0 Å². The molecule has 5 aromatic rings. The summed E-state index contributed by atoms with van der Waals surface area (Å²) < 4.78 is 0. The molecule has 2 atom stereocenters. The summed E-state index contributed by atoms with van der Waals surface area (Å²) in [4.78, 5) is 12.3. The number of hydrogen-bond donors (Lipinski definition) is 2. The summed E-state index contributed by atoms with van der Waals surface area (Å²) in [5.41, 5.74) is 6.55. The van der Waals surface area contributed by atoms with Crippen LogP contribution in [0.15, 0.2) is 129 Å². The number of phenolic OH excluding ortho intramolecular Hbond substituents is 2. The van der Waals surface area contributed by atoms with Gasteiger partial charge < -0.3 is 10.2 Å². The van der Waals surface area contributed by atoms with E-state index in [0.29, 0.717) is 34.0 Å². The Morgan fingerprint density at radius 2 is 0.955 bits per heavy atom. The lowest BCUT2D eigenvalue weighted by Crippen LogP contribution is -2.10. The third-order valence-corrected chi connectivity index (χ3v) is 10.9. The molecule has 2 heterocycles. The number of phenols is 2. The third-order valence-electron chi connectivity index (χ3n) is 7.76. The van der Waals surface area contributed by atoms with Crippen molar-refractivity contribution in [3.8, 4) is 11.5 Å². The molecule has 2 aliphatic rings. The molecule has 0 amide bonds. The van der Waals surface area contributed by atoms with Crippen LogP contribution in [-0.4, -0.2) is 21.6 Å². The predicted octanol–water partition coefficient (Wildman–Crippen LogP) is 11.1. The van der Waals surface area contributed by atoms with Crippen LogP contribution in [0.3, 0.4) is 0 Å². The van der Waals surface area contributed by atoms with Gasteiger partial charge in [-0.05, 0) is 65.7 Å². The molecule has 0 bridgehead atoms. The zero-order valence-electron chi connectivity index (χ0n) is 23.3. The lowest BCUT2D eigenvalue weighted by atomic mass is 9.94. The summed E-state index contributed by atoms with van der Waals surface area (Å²) in [6, 6.07) is 35.1. The Balaban J connectivity index is 1.34. The van der Waals surface area contributed by atoms with E-state index in [0.717, 1.165) is 43.7 Å². The number of aliphatic imine (C=N–C) groups is 2. The van der Waals surface area contributed by atoms with Crippen molar-refractivity contribution in [2.45, 2.75) is 33.1 Å². The van der Waals surface area contributed by atoms with Crippen molar-refractivity contribution in [1.82, 2.24) is 0 Å². The summed E-state index contributed by atoms with van der Waals surface area (Å²) in [5, 5.41) is 23.9. The van der Waals surface area contributed by atoms with Gasteiger partial charge in [0.15, 0.2) is 0 Å². The molecule has 218 valence electrons. The fraction of sp³-hybridized carbons (Fsp3) is 0.111. The molecule has 0 aliphatic carbocycles. The molecule has 0 fully saturated rings. The Labute approximate surface area is 274 Å². The van der Waals surface area contributed by atoms with Gasteiger partial charge >= 0.3 is 0 Å². The molecule has 44 heavy (non-hydrogen) atoms. The Morgan fingerprint density at radius 1 is 0.545 bits per heavy atom. The quantitative estimate of drug-likeness (QED) is 0.203. The van der Waals surface area contributed by atoms with E-state index >= 15 is 0 Å². The van der Waals surface area contributed by atoms with Crippen LogP contribution in [0.25, 0.3) is 0 Å². The Bertz CT molecular complexity index is 1790. The average Bonchev–Trinajstić information content (AvgIpc) is 3.34. The van der Waals surface area contributed by atoms with Crippen LogP contribution in [-0.2, 0) is 0 Å². The van der Waals surface area contributed by atoms with Gasteiger partial charge in [0.2, 0.25) is 0 Å². The number of fused-ring (bicyclic) bond motifs is 2. The van der Waals surface area contributed by atoms with Gasteiger partial charge in [-0.15, -0.1) is 23.5 Å². The Hall–Kier alpha value is -3.68. The van der Waals surface area contributed by atoms with E-state index in [2.05, 4.69) is 12.1 Å². The minimum Gasteiger partial charge on any atom is -0.507 e. The highest BCUT2D eigenvalue weighted by Crippen LogP contribution is 2.48. The Morgan fingerprint density at radius 3 is 1.39 bits per heavy atom. The molecular formula is C36H26Cl2N2O2S2. The smallest absolute Gasteiger partial charge is 0.128 e. The van der Waals surface area contributed by atoms with Crippen molar-refractivity contribution in [3.05, 3.63) is 141 Å². The van der Waals surface area contributed by atoms with Gasteiger partial charge in [-0.2, -0.15) is 0 Å². The fourth-order valence-corrected chi connectivity index (χ4v) is 8.25. The summed E-state index contributed by atoms with van der Waals surface area (Å²) in [7, 11) is 0. The van der Waals surface area contributed by atoms with Crippen molar-refractivity contribution in [1.29, 1.82) is 0 Å². The summed E-state index contributed by atoms with van der Waals surface area (Å²) in [6.07, 6.45) is 1.13.